The molecule has 2 aliphatic rings. The number of anilines is 2. The quantitative estimate of drug-likeness (QED) is 0.199. The minimum Gasteiger partial charge on any atom is -0.456 e. The number of aliphatic imine (C=N–C) groups is 1. The Morgan fingerprint density at radius 3 is 2.10 bits per heavy atom. The largest absolute Gasteiger partial charge is 0.456 e. The van der Waals surface area contributed by atoms with Crippen molar-refractivity contribution >= 4 is 34.8 Å². The number of aliphatic hydroxyl groups is 1. The summed E-state index contributed by atoms with van der Waals surface area (Å²) in [5, 5.41) is 16.0. The number of amides is 1. The van der Waals surface area contributed by atoms with Crippen molar-refractivity contribution in [2.24, 2.45) is 4.99 Å². The summed E-state index contributed by atoms with van der Waals surface area (Å²) in [6.07, 6.45) is 1.90. The molecule has 8 heteroatoms. The van der Waals surface area contributed by atoms with Crippen molar-refractivity contribution in [1.29, 1.82) is 0 Å². The van der Waals surface area contributed by atoms with Gasteiger partial charge in [-0.05, 0) is 74.0 Å². The van der Waals surface area contributed by atoms with Crippen LogP contribution in [0.5, 0.6) is 11.5 Å². The van der Waals surface area contributed by atoms with Crippen LogP contribution in [-0.4, -0.2) is 55.4 Å². The summed E-state index contributed by atoms with van der Waals surface area (Å²) in [6.45, 7) is 11.0. The van der Waals surface area contributed by atoms with E-state index >= 15 is 0 Å². The molecule has 0 aliphatic carbocycles. The highest BCUT2D eigenvalue weighted by molar-refractivity contribution is 7.11. The van der Waals surface area contributed by atoms with Crippen molar-refractivity contribution < 1.29 is 14.6 Å². The van der Waals surface area contributed by atoms with Gasteiger partial charge in [-0.2, -0.15) is 0 Å². The molecule has 2 aliphatic heterocycles. The number of thiophene rings is 1. The number of aryl methyl sites for hydroxylation is 2. The number of rotatable bonds is 8. The monoisotopic (exact) mass is 582 g/mol. The van der Waals surface area contributed by atoms with Gasteiger partial charge in [0, 0.05) is 78.0 Å². The van der Waals surface area contributed by atoms with E-state index in [9.17, 15) is 4.79 Å². The molecule has 4 aromatic rings. The second-order valence-electron chi connectivity index (χ2n) is 10.3. The number of nitrogens with zero attached hydrogens (tertiary/aromatic N) is 2. The van der Waals surface area contributed by atoms with Crippen LogP contribution >= 0.6 is 11.3 Å². The highest BCUT2D eigenvalue weighted by atomic mass is 32.1. The smallest absolute Gasteiger partial charge is 0.255 e. The van der Waals surface area contributed by atoms with Gasteiger partial charge in [0.15, 0.2) is 0 Å². The SMILES string of the molecule is CCNc1cc2c(cc1C)C1(c3cc(C)c(NCC)cc3O2)c2ccccc2C(=O)N1CCN=Cc1cccs1.CO. The first kappa shape index (κ1) is 29.4. The van der Waals surface area contributed by atoms with Gasteiger partial charge in [-0.15, -0.1) is 11.3 Å². The molecule has 0 atom stereocenters. The second kappa shape index (κ2) is 12.4. The predicted molar refractivity (Wildman–Crippen MR) is 173 cm³/mol. The topological polar surface area (TPSA) is 86.2 Å². The third-order valence-electron chi connectivity index (χ3n) is 7.80. The summed E-state index contributed by atoms with van der Waals surface area (Å²) < 4.78 is 6.68. The average Bonchev–Trinajstić information content (AvgIpc) is 3.60. The fourth-order valence-corrected chi connectivity index (χ4v) is 6.70. The van der Waals surface area contributed by atoms with Crippen molar-refractivity contribution in [3.63, 3.8) is 0 Å². The number of hydrogen-bond donors (Lipinski definition) is 3. The molecule has 218 valence electrons. The fraction of sp³-hybridized carbons (Fsp3) is 0.294. The number of hydrogen-bond acceptors (Lipinski definition) is 7. The molecule has 0 saturated heterocycles. The van der Waals surface area contributed by atoms with Gasteiger partial charge in [0.05, 0.1) is 6.54 Å². The van der Waals surface area contributed by atoms with E-state index < -0.39 is 5.54 Å². The molecular formula is C34H38N4O3S. The van der Waals surface area contributed by atoms with Crippen LogP contribution < -0.4 is 15.4 Å². The summed E-state index contributed by atoms with van der Waals surface area (Å²) in [5.74, 6) is 1.54. The maximum atomic E-state index is 14.2. The van der Waals surface area contributed by atoms with E-state index in [1.54, 1.807) is 11.3 Å². The van der Waals surface area contributed by atoms with Gasteiger partial charge >= 0.3 is 0 Å². The lowest BCUT2D eigenvalue weighted by atomic mass is 9.73. The minimum atomic E-state index is -0.833. The number of fused-ring (bicyclic) bond motifs is 6. The van der Waals surface area contributed by atoms with Crippen LogP contribution in [-0.2, 0) is 5.54 Å². The number of carbonyl (C=O) groups is 1. The molecule has 3 aromatic carbocycles. The number of aliphatic hydroxyl groups excluding tert-OH is 1. The van der Waals surface area contributed by atoms with Crippen LogP contribution in [0.25, 0.3) is 0 Å². The Labute approximate surface area is 251 Å². The van der Waals surface area contributed by atoms with E-state index in [1.807, 2.05) is 46.8 Å². The van der Waals surface area contributed by atoms with Crippen LogP contribution in [0.3, 0.4) is 0 Å². The van der Waals surface area contributed by atoms with E-state index in [0.29, 0.717) is 13.1 Å². The maximum Gasteiger partial charge on any atom is 0.255 e. The first-order valence-electron chi connectivity index (χ1n) is 14.3. The average molecular weight is 583 g/mol. The van der Waals surface area contributed by atoms with E-state index in [0.717, 1.165) is 81.3 Å². The second-order valence-corrected chi connectivity index (χ2v) is 11.2. The molecule has 1 amide bonds. The third-order valence-corrected chi connectivity index (χ3v) is 8.61. The third kappa shape index (κ3) is 4.84. The summed E-state index contributed by atoms with van der Waals surface area (Å²) >= 11 is 1.65. The standard InChI is InChI=1S/C33H34N4O2S.CH4O/c1-5-35-28-18-30-26(16-21(28)3)33(27-17-22(4)29(36-6-2)19-31(27)39-30)25-12-8-7-11-24(25)32(38)37(33)14-13-34-20-23-10-9-15-40-23;1-2/h7-12,15-20,35-36H,5-6,13-14H2,1-4H3;2H,1H3. The highest BCUT2D eigenvalue weighted by Crippen LogP contribution is 2.58. The first-order valence-corrected chi connectivity index (χ1v) is 15.2. The molecule has 7 nitrogen and oxygen atoms in total. The van der Waals surface area contributed by atoms with E-state index in [2.05, 4.69) is 68.7 Å². The Morgan fingerprint density at radius 2 is 1.52 bits per heavy atom. The lowest BCUT2D eigenvalue weighted by molar-refractivity contribution is 0.0673. The van der Waals surface area contributed by atoms with Gasteiger partial charge in [-0.25, -0.2) is 0 Å². The van der Waals surface area contributed by atoms with Crippen molar-refractivity contribution in [3.8, 4) is 11.5 Å². The summed E-state index contributed by atoms with van der Waals surface area (Å²) in [7, 11) is 1.00. The summed E-state index contributed by atoms with van der Waals surface area (Å²) in [5.41, 5.74) is 7.13. The molecule has 0 fully saturated rings. The van der Waals surface area contributed by atoms with Crippen LogP contribution in [0.2, 0.25) is 0 Å². The lowest BCUT2D eigenvalue weighted by Crippen LogP contribution is -2.48. The van der Waals surface area contributed by atoms with Crippen molar-refractivity contribution in [1.82, 2.24) is 4.90 Å². The van der Waals surface area contributed by atoms with E-state index in [1.165, 1.54) is 0 Å². The molecule has 0 unspecified atom stereocenters. The molecular weight excluding hydrogens is 544 g/mol. The summed E-state index contributed by atoms with van der Waals surface area (Å²) in [4.78, 5) is 22.1. The van der Waals surface area contributed by atoms with Crippen molar-refractivity contribution in [2.45, 2.75) is 33.2 Å². The Morgan fingerprint density at radius 1 is 0.905 bits per heavy atom. The highest BCUT2D eigenvalue weighted by Gasteiger charge is 2.56. The molecule has 6 rings (SSSR count). The molecule has 1 spiro atoms. The van der Waals surface area contributed by atoms with Crippen molar-refractivity contribution in [2.75, 3.05) is 43.9 Å². The Balaban J connectivity index is 0.00000173. The number of ether oxygens (including phenoxy) is 1. The number of benzene rings is 3. The molecule has 0 bridgehead atoms. The van der Waals surface area contributed by atoms with Gasteiger partial charge < -0.3 is 25.4 Å². The normalized spacial score (nSPS) is 14.1. The molecule has 0 radical (unpaired) electrons. The van der Waals surface area contributed by atoms with Gasteiger partial charge in [0.1, 0.15) is 17.0 Å². The molecule has 42 heavy (non-hydrogen) atoms. The van der Waals surface area contributed by atoms with Gasteiger partial charge in [0.2, 0.25) is 0 Å². The molecule has 1 aromatic heterocycles. The zero-order chi connectivity index (χ0) is 29.9. The van der Waals surface area contributed by atoms with E-state index in [-0.39, 0.29) is 5.91 Å². The van der Waals surface area contributed by atoms with Gasteiger partial charge in [-0.3, -0.25) is 9.79 Å². The summed E-state index contributed by atoms with van der Waals surface area (Å²) in [6, 6.07) is 20.7. The fourth-order valence-electron chi connectivity index (χ4n) is 6.09. The number of carbonyl (C=O) groups excluding carboxylic acids is 1. The maximum absolute atomic E-state index is 14.2. The zero-order valence-corrected chi connectivity index (χ0v) is 25.6. The lowest BCUT2D eigenvalue weighted by Gasteiger charge is -2.44. The minimum absolute atomic E-state index is 0.0162. The van der Waals surface area contributed by atoms with Crippen LogP contribution in [0.1, 0.15) is 56.9 Å². The Bertz CT molecular complexity index is 1550. The molecule has 3 N–H and O–H groups in total. The van der Waals surface area contributed by atoms with Crippen LogP contribution in [0.4, 0.5) is 11.4 Å². The number of nitrogens with one attached hydrogen (secondary N) is 2. The Kier molecular flexibility index (Phi) is 8.66. The van der Waals surface area contributed by atoms with Crippen molar-refractivity contribution in [3.05, 3.63) is 104 Å². The molecule has 0 saturated carbocycles. The zero-order valence-electron chi connectivity index (χ0n) is 24.8. The molecule has 3 heterocycles. The van der Waals surface area contributed by atoms with E-state index in [4.69, 9.17) is 14.8 Å². The van der Waals surface area contributed by atoms with Gasteiger partial charge in [0.25, 0.3) is 5.91 Å². The van der Waals surface area contributed by atoms with Crippen LogP contribution in [0, 0.1) is 13.8 Å². The van der Waals surface area contributed by atoms with Gasteiger partial charge in [-0.1, -0.05) is 24.3 Å². The Hall–Kier alpha value is -4.14. The van der Waals surface area contributed by atoms with Crippen LogP contribution in [0.15, 0.2) is 71.0 Å². The predicted octanol–water partition coefficient (Wildman–Crippen LogP) is 6.81. The first-order chi connectivity index (χ1) is 20.5.